The van der Waals surface area contributed by atoms with Crippen LogP contribution in [-0.4, -0.2) is 78.8 Å². The zero-order valence-electron chi connectivity index (χ0n) is 35.2. The molecule has 0 atom stereocenters. The highest BCUT2D eigenvalue weighted by Gasteiger charge is 2.22. The minimum atomic E-state index is -0.705. The van der Waals surface area contributed by atoms with Gasteiger partial charge in [-0.05, 0) is 155 Å². The quantitative estimate of drug-likeness (QED) is 0.127. The van der Waals surface area contributed by atoms with Crippen LogP contribution in [-0.2, 0) is 14.3 Å². The topological polar surface area (TPSA) is 97.3 Å². The number of halogens is 1. The summed E-state index contributed by atoms with van der Waals surface area (Å²) in [5, 5.41) is 13.0. The largest absolute Gasteiger partial charge is 0.490 e. The smallest absolute Gasteiger partial charge is 0.305 e. The Balaban J connectivity index is 0.000000213. The fraction of sp³-hybridized carbons (Fsp3) is 0.625. The number of carbonyl (C=O) groups excluding carboxylic acids is 1. The van der Waals surface area contributed by atoms with Crippen LogP contribution < -0.4 is 14.8 Å². The van der Waals surface area contributed by atoms with Crippen molar-refractivity contribution in [2.45, 2.75) is 136 Å². The number of nitrogens with one attached hydrogen (secondary N) is 1. The van der Waals surface area contributed by atoms with E-state index in [1.165, 1.54) is 86.5 Å². The third kappa shape index (κ3) is 17.7. The molecule has 316 valence electrons. The van der Waals surface area contributed by atoms with Gasteiger partial charge in [0.15, 0.2) is 0 Å². The van der Waals surface area contributed by atoms with Crippen LogP contribution in [0.25, 0.3) is 11.1 Å². The lowest BCUT2D eigenvalue weighted by molar-refractivity contribution is -0.143. The molecule has 4 aliphatic rings. The Kier molecular flexibility index (Phi) is 21.9. The molecule has 0 radical (unpaired) electrons. The number of esters is 1. The average molecular weight is 852 g/mol. The highest BCUT2D eigenvalue weighted by molar-refractivity contribution is 9.09. The number of carboxylic acid groups (broad SMARTS) is 1. The van der Waals surface area contributed by atoms with Crippen molar-refractivity contribution in [3.8, 4) is 11.5 Å². The van der Waals surface area contributed by atoms with Gasteiger partial charge in [0.1, 0.15) is 11.5 Å². The summed E-state index contributed by atoms with van der Waals surface area (Å²) in [4.78, 5) is 23.5. The number of hydrogen-bond acceptors (Lipinski definition) is 7. The summed E-state index contributed by atoms with van der Waals surface area (Å²) in [6.45, 7) is 11.8. The SMILES string of the molecule is CCC1CCC(Oc2ccc(C3=CCN(CCCC(=O)O)CC3)cc2)CC1.CCC1CCC(Oc2ccc(C3=CCNCC3)cc2)CC1.CCOC(=O)CCCBr. The molecule has 6 rings (SSSR count). The van der Waals surface area contributed by atoms with E-state index in [0.717, 1.165) is 87.1 Å². The van der Waals surface area contributed by atoms with Crippen molar-refractivity contribution >= 4 is 39.0 Å². The minimum Gasteiger partial charge on any atom is -0.490 e. The van der Waals surface area contributed by atoms with Crippen molar-refractivity contribution in [3.63, 3.8) is 0 Å². The Bertz CT molecular complexity index is 1490. The van der Waals surface area contributed by atoms with E-state index in [1.807, 2.05) is 6.92 Å². The Hall–Kier alpha value is -3.14. The van der Waals surface area contributed by atoms with Crippen molar-refractivity contribution in [2.24, 2.45) is 11.8 Å². The third-order valence-electron chi connectivity index (χ3n) is 11.8. The van der Waals surface area contributed by atoms with Crippen LogP contribution >= 0.6 is 15.9 Å². The number of ether oxygens (including phenoxy) is 3. The second-order valence-corrected chi connectivity index (χ2v) is 16.7. The summed E-state index contributed by atoms with van der Waals surface area (Å²) in [5.74, 6) is 3.05. The minimum absolute atomic E-state index is 0.100. The molecule has 2 aliphatic carbocycles. The summed E-state index contributed by atoms with van der Waals surface area (Å²) >= 11 is 3.22. The molecular weight excluding hydrogens is 780 g/mol. The number of carbonyl (C=O) groups is 2. The Morgan fingerprint density at radius 2 is 1.28 bits per heavy atom. The molecule has 2 saturated carbocycles. The van der Waals surface area contributed by atoms with Gasteiger partial charge in [0.25, 0.3) is 0 Å². The first-order chi connectivity index (χ1) is 27.8. The lowest BCUT2D eigenvalue weighted by Crippen LogP contribution is -2.29. The highest BCUT2D eigenvalue weighted by Crippen LogP contribution is 2.32. The summed E-state index contributed by atoms with van der Waals surface area (Å²) < 4.78 is 17.0. The maximum absolute atomic E-state index is 10.6. The lowest BCUT2D eigenvalue weighted by Gasteiger charge is -2.28. The van der Waals surface area contributed by atoms with E-state index < -0.39 is 5.97 Å². The molecule has 2 aromatic rings. The molecule has 2 aromatic carbocycles. The number of alkyl halides is 1. The maximum atomic E-state index is 10.6. The second-order valence-electron chi connectivity index (χ2n) is 15.9. The third-order valence-corrected chi connectivity index (χ3v) is 12.4. The Morgan fingerprint density at radius 3 is 1.70 bits per heavy atom. The van der Waals surface area contributed by atoms with Crippen LogP contribution in [0.4, 0.5) is 0 Å². The summed E-state index contributed by atoms with van der Waals surface area (Å²) in [5.41, 5.74) is 5.48. The van der Waals surface area contributed by atoms with Gasteiger partial charge in [0, 0.05) is 37.8 Å². The molecule has 0 bridgehead atoms. The van der Waals surface area contributed by atoms with Gasteiger partial charge in [-0.1, -0.05) is 79.0 Å². The molecule has 57 heavy (non-hydrogen) atoms. The Morgan fingerprint density at radius 1 is 0.737 bits per heavy atom. The summed E-state index contributed by atoms with van der Waals surface area (Å²) in [7, 11) is 0. The van der Waals surface area contributed by atoms with E-state index in [0.29, 0.717) is 25.2 Å². The van der Waals surface area contributed by atoms with E-state index in [2.05, 4.69) is 105 Å². The standard InChI is InChI=1S/C23H33NO3.C19H27NO.C6H11BrO2/c1-2-18-5-9-21(10-6-18)27-22-11-7-19(8-12-22)20-13-16-24(17-14-20)15-3-4-23(25)26;1-2-15-3-7-18(8-4-15)21-19-9-5-16(6-10-19)17-11-13-20-14-12-17;1-2-9-6(8)4-3-5-7/h7-8,11-13,18,21H,2-6,9-10,14-17H2,1H3,(H,25,26);5-6,9-11,15,18,20H,2-4,7-8,12-14H2,1H3;2-5H2,1H3. The molecule has 0 amide bonds. The molecule has 0 aromatic heterocycles. The molecule has 0 saturated heterocycles. The molecule has 2 heterocycles. The number of rotatable bonds is 16. The van der Waals surface area contributed by atoms with Crippen molar-refractivity contribution in [1.29, 1.82) is 0 Å². The van der Waals surface area contributed by atoms with Crippen LogP contribution in [0.3, 0.4) is 0 Å². The number of aliphatic carboxylic acids is 1. The number of benzene rings is 2. The molecule has 8 nitrogen and oxygen atoms in total. The number of carboxylic acids is 1. The first kappa shape index (κ1) is 46.5. The van der Waals surface area contributed by atoms with Gasteiger partial charge in [-0.3, -0.25) is 14.5 Å². The summed E-state index contributed by atoms with van der Waals surface area (Å²) in [6.07, 6.45) is 22.6. The monoisotopic (exact) mass is 850 g/mol. The maximum Gasteiger partial charge on any atom is 0.305 e. The van der Waals surface area contributed by atoms with E-state index >= 15 is 0 Å². The van der Waals surface area contributed by atoms with Gasteiger partial charge in [-0.25, -0.2) is 0 Å². The van der Waals surface area contributed by atoms with Crippen LogP contribution in [0.1, 0.15) is 135 Å². The first-order valence-corrected chi connectivity index (χ1v) is 23.2. The molecule has 9 heteroatoms. The van der Waals surface area contributed by atoms with Crippen LogP contribution in [0.2, 0.25) is 0 Å². The van der Waals surface area contributed by atoms with Crippen LogP contribution in [0, 0.1) is 11.8 Å². The van der Waals surface area contributed by atoms with E-state index in [9.17, 15) is 9.59 Å². The van der Waals surface area contributed by atoms with E-state index in [1.54, 1.807) is 0 Å². The lowest BCUT2D eigenvalue weighted by atomic mass is 9.86. The van der Waals surface area contributed by atoms with Gasteiger partial charge in [0.2, 0.25) is 0 Å². The molecule has 2 fully saturated rings. The van der Waals surface area contributed by atoms with Crippen LogP contribution in [0.15, 0.2) is 60.7 Å². The van der Waals surface area contributed by atoms with Crippen molar-refractivity contribution < 1.29 is 28.9 Å². The van der Waals surface area contributed by atoms with E-state index in [-0.39, 0.29) is 12.4 Å². The van der Waals surface area contributed by atoms with Crippen molar-refractivity contribution in [3.05, 3.63) is 71.8 Å². The Labute approximate surface area is 352 Å². The number of nitrogens with zero attached hydrogens (tertiary/aromatic N) is 1. The second kappa shape index (κ2) is 26.8. The molecule has 0 unspecified atom stereocenters. The number of hydrogen-bond donors (Lipinski definition) is 2. The van der Waals surface area contributed by atoms with Crippen molar-refractivity contribution in [1.82, 2.24) is 10.2 Å². The fourth-order valence-electron chi connectivity index (χ4n) is 8.16. The van der Waals surface area contributed by atoms with E-state index in [4.69, 9.17) is 14.6 Å². The average Bonchev–Trinajstić information content (AvgIpc) is 3.25. The fourth-order valence-corrected chi connectivity index (χ4v) is 8.44. The molecule has 2 aliphatic heterocycles. The highest BCUT2D eigenvalue weighted by atomic mass is 79.9. The molecular formula is C48H71BrN2O6. The zero-order chi connectivity index (χ0) is 40.7. The van der Waals surface area contributed by atoms with Gasteiger partial charge in [-0.2, -0.15) is 0 Å². The zero-order valence-corrected chi connectivity index (χ0v) is 36.7. The van der Waals surface area contributed by atoms with Crippen LogP contribution in [0.5, 0.6) is 11.5 Å². The van der Waals surface area contributed by atoms with Gasteiger partial charge in [0.05, 0.1) is 18.8 Å². The predicted octanol–water partition coefficient (Wildman–Crippen LogP) is 11.1. The summed E-state index contributed by atoms with van der Waals surface area (Å²) in [6, 6.07) is 17.3. The predicted molar refractivity (Wildman–Crippen MR) is 237 cm³/mol. The van der Waals surface area contributed by atoms with Gasteiger partial charge < -0.3 is 24.6 Å². The van der Waals surface area contributed by atoms with Gasteiger partial charge >= 0.3 is 11.9 Å². The normalized spacial score (nSPS) is 22.3. The van der Waals surface area contributed by atoms with Gasteiger partial charge in [-0.15, -0.1) is 0 Å². The first-order valence-electron chi connectivity index (χ1n) is 22.1. The van der Waals surface area contributed by atoms with Crippen molar-refractivity contribution in [2.75, 3.05) is 44.7 Å². The molecule has 0 spiro atoms. The molecule has 2 N–H and O–H groups in total.